The molecular weight excluding hydrogens is 323 g/mol. The molecule has 2 aromatic rings. The molecule has 0 bridgehead atoms. The summed E-state index contributed by atoms with van der Waals surface area (Å²) in [5.74, 6) is 0.527. The van der Waals surface area contributed by atoms with Gasteiger partial charge in [0.1, 0.15) is 5.82 Å². The molecule has 1 fully saturated rings. The number of nitrogens with one attached hydrogen (secondary N) is 2. The summed E-state index contributed by atoms with van der Waals surface area (Å²) in [7, 11) is 0. The van der Waals surface area contributed by atoms with Crippen molar-refractivity contribution < 1.29 is 13.7 Å². The molecule has 1 saturated heterocycles. The number of carbonyl (C=O) groups excluding carboxylic acids is 1. The van der Waals surface area contributed by atoms with Crippen molar-refractivity contribution in [1.82, 2.24) is 20.8 Å². The third-order valence-corrected chi connectivity index (χ3v) is 4.56. The standard InChI is InChI=1S/C18H23FN4O2/c1-11-10-13(5-6-14(11)19)18-22-17(25-23-18)8-7-16(24)21-15-4-3-9-20-12(15)2/h5-6,10,12,15,20H,3-4,7-9H2,1-2H3,(H,21,24). The third kappa shape index (κ3) is 4.42. The second-order valence-corrected chi connectivity index (χ2v) is 6.53. The van der Waals surface area contributed by atoms with Gasteiger partial charge >= 0.3 is 0 Å². The van der Waals surface area contributed by atoms with E-state index in [1.165, 1.54) is 6.07 Å². The number of rotatable bonds is 5. The van der Waals surface area contributed by atoms with Gasteiger partial charge in [-0.25, -0.2) is 4.39 Å². The van der Waals surface area contributed by atoms with Gasteiger partial charge in [-0.05, 0) is 57.0 Å². The van der Waals surface area contributed by atoms with Crippen LogP contribution in [0.4, 0.5) is 4.39 Å². The first kappa shape index (κ1) is 17.5. The van der Waals surface area contributed by atoms with Gasteiger partial charge in [0.25, 0.3) is 0 Å². The van der Waals surface area contributed by atoms with Gasteiger partial charge < -0.3 is 15.2 Å². The third-order valence-electron chi connectivity index (χ3n) is 4.56. The summed E-state index contributed by atoms with van der Waals surface area (Å²) in [6.07, 6.45) is 2.74. The molecule has 1 aromatic heterocycles. The molecule has 2 heterocycles. The zero-order valence-electron chi connectivity index (χ0n) is 14.5. The van der Waals surface area contributed by atoms with Gasteiger partial charge in [0, 0.05) is 30.5 Å². The predicted octanol–water partition coefficient (Wildman–Crippen LogP) is 2.37. The minimum atomic E-state index is -0.268. The number of carbonyl (C=O) groups is 1. The van der Waals surface area contributed by atoms with Crippen molar-refractivity contribution in [3.8, 4) is 11.4 Å². The molecule has 7 heteroatoms. The van der Waals surface area contributed by atoms with Gasteiger partial charge in [0.2, 0.25) is 17.6 Å². The Morgan fingerprint density at radius 2 is 2.32 bits per heavy atom. The highest BCUT2D eigenvalue weighted by atomic mass is 19.1. The van der Waals surface area contributed by atoms with Gasteiger partial charge in [0.05, 0.1) is 0 Å². The lowest BCUT2D eigenvalue weighted by Crippen LogP contribution is -2.51. The number of aryl methyl sites for hydroxylation is 2. The minimum absolute atomic E-state index is 0.0158. The monoisotopic (exact) mass is 346 g/mol. The number of benzene rings is 1. The highest BCUT2D eigenvalue weighted by molar-refractivity contribution is 5.76. The normalized spacial score (nSPS) is 20.4. The summed E-state index contributed by atoms with van der Waals surface area (Å²) in [4.78, 5) is 16.4. The van der Waals surface area contributed by atoms with Crippen LogP contribution in [0.3, 0.4) is 0 Å². The van der Waals surface area contributed by atoms with Crippen molar-refractivity contribution in [2.24, 2.45) is 0 Å². The van der Waals surface area contributed by atoms with E-state index < -0.39 is 0 Å². The maximum Gasteiger partial charge on any atom is 0.227 e. The molecule has 0 radical (unpaired) electrons. The van der Waals surface area contributed by atoms with Crippen LogP contribution in [0.15, 0.2) is 22.7 Å². The van der Waals surface area contributed by atoms with Gasteiger partial charge in [-0.1, -0.05) is 5.16 Å². The maximum absolute atomic E-state index is 13.3. The summed E-state index contributed by atoms with van der Waals surface area (Å²) < 4.78 is 18.5. The van der Waals surface area contributed by atoms with Crippen molar-refractivity contribution in [3.63, 3.8) is 0 Å². The summed E-state index contributed by atoms with van der Waals surface area (Å²) in [6.45, 7) is 4.77. The Kier molecular flexibility index (Phi) is 5.43. The summed E-state index contributed by atoms with van der Waals surface area (Å²) >= 11 is 0. The second-order valence-electron chi connectivity index (χ2n) is 6.53. The average molecular weight is 346 g/mol. The van der Waals surface area contributed by atoms with Crippen molar-refractivity contribution in [1.29, 1.82) is 0 Å². The molecule has 0 spiro atoms. The molecule has 2 unspecified atom stereocenters. The molecular formula is C18H23FN4O2. The first-order valence-corrected chi connectivity index (χ1v) is 8.65. The fourth-order valence-electron chi connectivity index (χ4n) is 3.00. The molecule has 0 aliphatic carbocycles. The summed E-state index contributed by atoms with van der Waals surface area (Å²) in [5, 5.41) is 10.3. The van der Waals surface area contributed by atoms with E-state index in [1.807, 2.05) is 0 Å². The van der Waals surface area contributed by atoms with Crippen LogP contribution in [0, 0.1) is 12.7 Å². The van der Waals surface area contributed by atoms with E-state index in [2.05, 4.69) is 27.7 Å². The van der Waals surface area contributed by atoms with Crippen LogP contribution in [0.1, 0.15) is 37.6 Å². The van der Waals surface area contributed by atoms with Gasteiger partial charge in [0.15, 0.2) is 0 Å². The van der Waals surface area contributed by atoms with Crippen molar-refractivity contribution in [2.45, 2.75) is 51.6 Å². The Morgan fingerprint density at radius 3 is 3.08 bits per heavy atom. The Hall–Kier alpha value is -2.28. The Labute approximate surface area is 146 Å². The van der Waals surface area contributed by atoms with Crippen LogP contribution < -0.4 is 10.6 Å². The molecule has 134 valence electrons. The molecule has 1 amide bonds. The fraction of sp³-hybridized carbons (Fsp3) is 0.500. The van der Waals surface area contributed by atoms with Crippen LogP contribution >= 0.6 is 0 Å². The van der Waals surface area contributed by atoms with Gasteiger partial charge in [-0.15, -0.1) is 0 Å². The molecule has 3 rings (SSSR count). The van der Waals surface area contributed by atoms with E-state index in [4.69, 9.17) is 4.52 Å². The largest absolute Gasteiger partial charge is 0.352 e. The van der Waals surface area contributed by atoms with Crippen LogP contribution in [0.5, 0.6) is 0 Å². The quantitative estimate of drug-likeness (QED) is 0.869. The van der Waals surface area contributed by atoms with Crippen molar-refractivity contribution in [2.75, 3.05) is 6.54 Å². The highest BCUT2D eigenvalue weighted by Gasteiger charge is 2.22. The zero-order chi connectivity index (χ0) is 17.8. The topological polar surface area (TPSA) is 80.0 Å². The lowest BCUT2D eigenvalue weighted by Gasteiger charge is -2.30. The number of hydrogen-bond donors (Lipinski definition) is 2. The minimum Gasteiger partial charge on any atom is -0.352 e. The van der Waals surface area contributed by atoms with E-state index in [0.29, 0.717) is 35.7 Å². The molecule has 1 aliphatic rings. The Balaban J connectivity index is 1.54. The van der Waals surface area contributed by atoms with Crippen LogP contribution in [0.2, 0.25) is 0 Å². The summed E-state index contributed by atoms with van der Waals surface area (Å²) in [5.41, 5.74) is 1.22. The lowest BCUT2D eigenvalue weighted by molar-refractivity contribution is -0.122. The first-order chi connectivity index (χ1) is 12.0. The van der Waals surface area contributed by atoms with Crippen molar-refractivity contribution in [3.05, 3.63) is 35.5 Å². The number of amides is 1. The molecule has 2 N–H and O–H groups in total. The summed E-state index contributed by atoms with van der Waals surface area (Å²) in [6, 6.07) is 5.12. The zero-order valence-corrected chi connectivity index (χ0v) is 14.5. The maximum atomic E-state index is 13.3. The molecule has 1 aromatic carbocycles. The highest BCUT2D eigenvalue weighted by Crippen LogP contribution is 2.19. The molecule has 6 nitrogen and oxygen atoms in total. The van der Waals surface area contributed by atoms with Crippen LogP contribution in [0.25, 0.3) is 11.4 Å². The number of nitrogens with zero attached hydrogens (tertiary/aromatic N) is 2. The van der Waals surface area contributed by atoms with E-state index in [9.17, 15) is 9.18 Å². The number of halogens is 1. The SMILES string of the molecule is Cc1cc(-c2noc(CCC(=O)NC3CCCNC3C)n2)ccc1F. The second kappa shape index (κ2) is 7.74. The number of piperidine rings is 1. The van der Waals surface area contributed by atoms with E-state index in [1.54, 1.807) is 19.1 Å². The first-order valence-electron chi connectivity index (χ1n) is 8.65. The fourth-order valence-corrected chi connectivity index (χ4v) is 3.00. The van der Waals surface area contributed by atoms with Gasteiger partial charge in [-0.3, -0.25) is 4.79 Å². The Bertz CT molecular complexity index is 746. The molecule has 25 heavy (non-hydrogen) atoms. The van der Waals surface area contributed by atoms with Crippen molar-refractivity contribution >= 4 is 5.91 Å². The Morgan fingerprint density at radius 1 is 1.48 bits per heavy atom. The molecule has 2 atom stereocenters. The van der Waals surface area contributed by atoms with Gasteiger partial charge in [-0.2, -0.15) is 4.98 Å². The lowest BCUT2D eigenvalue weighted by atomic mass is 10.00. The average Bonchev–Trinajstić information content (AvgIpc) is 3.07. The van der Waals surface area contributed by atoms with E-state index in [-0.39, 0.29) is 23.8 Å². The van der Waals surface area contributed by atoms with Crippen LogP contribution in [-0.4, -0.2) is 34.7 Å². The smallest absolute Gasteiger partial charge is 0.227 e. The van der Waals surface area contributed by atoms with E-state index >= 15 is 0 Å². The van der Waals surface area contributed by atoms with Crippen LogP contribution in [-0.2, 0) is 11.2 Å². The number of aromatic nitrogens is 2. The number of hydrogen-bond acceptors (Lipinski definition) is 5. The molecule has 1 aliphatic heterocycles. The van der Waals surface area contributed by atoms with E-state index in [0.717, 1.165) is 19.4 Å². The predicted molar refractivity (Wildman–Crippen MR) is 91.4 cm³/mol. The molecule has 0 saturated carbocycles.